The summed E-state index contributed by atoms with van der Waals surface area (Å²) in [4.78, 5) is 4.51. The molecule has 4 nitrogen and oxygen atoms in total. The van der Waals surface area contributed by atoms with Crippen molar-refractivity contribution in [3.63, 3.8) is 0 Å². The first-order valence-electron chi connectivity index (χ1n) is 7.83. The fraction of sp³-hybridized carbons (Fsp3) is 0.105. The highest BCUT2D eigenvalue weighted by atomic mass is 35.5. The van der Waals surface area contributed by atoms with Crippen LogP contribution in [0.1, 0.15) is 5.56 Å². The zero-order chi connectivity index (χ0) is 17.2. The van der Waals surface area contributed by atoms with Crippen molar-refractivity contribution in [1.82, 2.24) is 19.7 Å². The summed E-state index contributed by atoms with van der Waals surface area (Å²) in [6.45, 7) is 0. The number of fused-ring (bicyclic) bond motifs is 1. The van der Waals surface area contributed by atoms with E-state index in [-0.39, 0.29) is 0 Å². The zero-order valence-electron chi connectivity index (χ0n) is 13.6. The zero-order valence-corrected chi connectivity index (χ0v) is 15.1. The Morgan fingerprint density at radius 3 is 2.64 bits per heavy atom. The third-order valence-corrected chi connectivity index (χ3v) is 5.33. The first kappa shape index (κ1) is 16.1. The van der Waals surface area contributed by atoms with Gasteiger partial charge in [-0.05, 0) is 35.9 Å². The molecular weight excluding hydrogens is 352 g/mol. The van der Waals surface area contributed by atoms with E-state index in [1.165, 1.54) is 5.56 Å². The van der Waals surface area contributed by atoms with Gasteiger partial charge in [-0.15, -0.1) is 10.2 Å². The lowest BCUT2D eigenvalue weighted by Crippen LogP contribution is -1.95. The predicted octanol–water partition coefficient (Wildman–Crippen LogP) is 4.98. The number of hydrogen-bond acceptors (Lipinski definition) is 4. The van der Waals surface area contributed by atoms with Gasteiger partial charge in [-0.25, -0.2) is 0 Å². The SMILES string of the molecule is Cn1c(SCc2cccc3cccnc23)nnc1-c1ccc(Cl)cc1. The molecule has 124 valence electrons. The van der Waals surface area contributed by atoms with Crippen molar-refractivity contribution in [2.75, 3.05) is 0 Å². The molecule has 0 atom stereocenters. The quantitative estimate of drug-likeness (QED) is 0.478. The van der Waals surface area contributed by atoms with Crippen LogP contribution in [0.25, 0.3) is 22.3 Å². The van der Waals surface area contributed by atoms with Crippen LogP contribution < -0.4 is 0 Å². The molecule has 0 spiro atoms. The number of halogens is 1. The first-order chi connectivity index (χ1) is 12.2. The molecule has 0 aliphatic carbocycles. The van der Waals surface area contributed by atoms with Crippen LogP contribution in [0.15, 0.2) is 66.0 Å². The Kier molecular flexibility index (Phi) is 4.42. The van der Waals surface area contributed by atoms with Gasteiger partial charge < -0.3 is 4.57 Å². The molecule has 0 saturated heterocycles. The van der Waals surface area contributed by atoms with Gasteiger partial charge in [0.1, 0.15) is 0 Å². The molecule has 0 N–H and O–H groups in total. The van der Waals surface area contributed by atoms with Crippen molar-refractivity contribution in [2.24, 2.45) is 7.05 Å². The molecule has 0 bridgehead atoms. The minimum Gasteiger partial charge on any atom is -0.305 e. The molecule has 2 heterocycles. The summed E-state index contributed by atoms with van der Waals surface area (Å²) < 4.78 is 2.01. The third-order valence-electron chi connectivity index (χ3n) is 4.01. The molecular formula is C19H15ClN4S. The number of benzene rings is 2. The third kappa shape index (κ3) is 3.25. The lowest BCUT2D eigenvalue weighted by atomic mass is 10.1. The Hall–Kier alpha value is -2.37. The average molecular weight is 367 g/mol. The second-order valence-electron chi connectivity index (χ2n) is 5.65. The fourth-order valence-electron chi connectivity index (χ4n) is 2.72. The van der Waals surface area contributed by atoms with Crippen LogP contribution in [0, 0.1) is 0 Å². The summed E-state index contributed by atoms with van der Waals surface area (Å²) in [6, 6.07) is 17.9. The van der Waals surface area contributed by atoms with Crippen molar-refractivity contribution in [3.8, 4) is 11.4 Å². The molecule has 0 amide bonds. The highest BCUT2D eigenvalue weighted by Crippen LogP contribution is 2.28. The van der Waals surface area contributed by atoms with Gasteiger partial charge in [-0.2, -0.15) is 0 Å². The lowest BCUT2D eigenvalue weighted by Gasteiger charge is -2.06. The predicted molar refractivity (Wildman–Crippen MR) is 103 cm³/mol. The van der Waals surface area contributed by atoms with E-state index in [9.17, 15) is 0 Å². The number of pyridine rings is 1. The monoisotopic (exact) mass is 366 g/mol. The average Bonchev–Trinajstić information content (AvgIpc) is 3.01. The summed E-state index contributed by atoms with van der Waals surface area (Å²) in [5.74, 6) is 1.62. The van der Waals surface area contributed by atoms with Crippen LogP contribution in [0.4, 0.5) is 0 Å². The number of hydrogen-bond donors (Lipinski definition) is 0. The molecule has 25 heavy (non-hydrogen) atoms. The van der Waals surface area contributed by atoms with Crippen LogP contribution in [-0.4, -0.2) is 19.7 Å². The topological polar surface area (TPSA) is 43.6 Å². The summed E-state index contributed by atoms with van der Waals surface area (Å²) in [6.07, 6.45) is 1.83. The van der Waals surface area contributed by atoms with Gasteiger partial charge in [0.05, 0.1) is 5.52 Å². The maximum atomic E-state index is 5.96. The molecule has 0 fully saturated rings. The van der Waals surface area contributed by atoms with E-state index in [1.807, 2.05) is 48.1 Å². The molecule has 4 rings (SSSR count). The van der Waals surface area contributed by atoms with Gasteiger partial charge in [0.25, 0.3) is 0 Å². The Morgan fingerprint density at radius 2 is 1.80 bits per heavy atom. The fourth-order valence-corrected chi connectivity index (χ4v) is 3.74. The van der Waals surface area contributed by atoms with Crippen molar-refractivity contribution in [3.05, 3.63) is 71.4 Å². The van der Waals surface area contributed by atoms with Crippen LogP contribution >= 0.6 is 23.4 Å². The van der Waals surface area contributed by atoms with Gasteiger partial charge in [-0.3, -0.25) is 4.98 Å². The maximum Gasteiger partial charge on any atom is 0.191 e. The summed E-state index contributed by atoms with van der Waals surface area (Å²) in [7, 11) is 1.98. The highest BCUT2D eigenvalue weighted by Gasteiger charge is 2.12. The smallest absolute Gasteiger partial charge is 0.191 e. The van der Waals surface area contributed by atoms with Crippen molar-refractivity contribution in [1.29, 1.82) is 0 Å². The van der Waals surface area contributed by atoms with E-state index in [4.69, 9.17) is 11.6 Å². The van der Waals surface area contributed by atoms with Gasteiger partial charge in [0.2, 0.25) is 0 Å². The van der Waals surface area contributed by atoms with Crippen LogP contribution in [0.2, 0.25) is 5.02 Å². The molecule has 2 aromatic carbocycles. The second kappa shape index (κ2) is 6.86. The van der Waals surface area contributed by atoms with Gasteiger partial charge in [0, 0.05) is 35.0 Å². The molecule has 2 aromatic heterocycles. The number of nitrogens with zero attached hydrogens (tertiary/aromatic N) is 4. The van der Waals surface area contributed by atoms with E-state index in [1.54, 1.807) is 11.8 Å². The summed E-state index contributed by atoms with van der Waals surface area (Å²) >= 11 is 7.61. The van der Waals surface area contributed by atoms with E-state index in [0.29, 0.717) is 5.02 Å². The molecule has 4 aromatic rings. The Balaban J connectivity index is 1.58. The van der Waals surface area contributed by atoms with Crippen molar-refractivity contribution >= 4 is 34.3 Å². The number of aromatic nitrogens is 4. The van der Waals surface area contributed by atoms with E-state index < -0.39 is 0 Å². The lowest BCUT2D eigenvalue weighted by molar-refractivity contribution is 0.794. The highest BCUT2D eigenvalue weighted by molar-refractivity contribution is 7.98. The summed E-state index contributed by atoms with van der Waals surface area (Å²) in [5, 5.41) is 11.4. The molecule has 0 aliphatic rings. The van der Waals surface area contributed by atoms with Crippen molar-refractivity contribution in [2.45, 2.75) is 10.9 Å². The van der Waals surface area contributed by atoms with E-state index in [0.717, 1.165) is 33.2 Å². The van der Waals surface area contributed by atoms with Crippen LogP contribution in [0.5, 0.6) is 0 Å². The minimum atomic E-state index is 0.712. The molecule has 0 unspecified atom stereocenters. The number of para-hydroxylation sites is 1. The van der Waals surface area contributed by atoms with Gasteiger partial charge in [0.15, 0.2) is 11.0 Å². The first-order valence-corrected chi connectivity index (χ1v) is 9.19. The number of rotatable bonds is 4. The Bertz CT molecular complexity index is 1020. The molecule has 0 saturated carbocycles. The number of thioether (sulfide) groups is 1. The summed E-state index contributed by atoms with van der Waals surface area (Å²) in [5.41, 5.74) is 3.23. The van der Waals surface area contributed by atoms with E-state index in [2.05, 4.69) is 39.4 Å². The molecule has 6 heteroatoms. The van der Waals surface area contributed by atoms with Gasteiger partial charge >= 0.3 is 0 Å². The van der Waals surface area contributed by atoms with Crippen LogP contribution in [-0.2, 0) is 12.8 Å². The van der Waals surface area contributed by atoms with E-state index >= 15 is 0 Å². The molecule has 0 aliphatic heterocycles. The Morgan fingerprint density at radius 1 is 1.00 bits per heavy atom. The standard InChI is InChI=1S/C19H15ClN4S/c1-24-18(14-7-9-16(20)10-8-14)22-23-19(24)25-12-15-5-2-4-13-6-3-11-21-17(13)15/h2-11H,12H2,1H3. The van der Waals surface area contributed by atoms with Gasteiger partial charge in [-0.1, -0.05) is 47.6 Å². The Labute approximate surface area is 154 Å². The second-order valence-corrected chi connectivity index (χ2v) is 7.03. The van der Waals surface area contributed by atoms with Crippen molar-refractivity contribution < 1.29 is 0 Å². The maximum absolute atomic E-state index is 5.96. The normalized spacial score (nSPS) is 11.1. The minimum absolute atomic E-state index is 0.712. The van der Waals surface area contributed by atoms with Crippen LogP contribution in [0.3, 0.4) is 0 Å². The largest absolute Gasteiger partial charge is 0.305 e. The molecule has 0 radical (unpaired) electrons.